The first-order valence-electron chi connectivity index (χ1n) is 10.2. The number of hydrogen-bond acceptors (Lipinski definition) is 8. The zero-order chi connectivity index (χ0) is 20.6. The van der Waals surface area contributed by atoms with Gasteiger partial charge in [0.2, 0.25) is 16.0 Å². The molecule has 9 nitrogen and oxygen atoms in total. The van der Waals surface area contributed by atoms with E-state index in [1.54, 1.807) is 12.3 Å². The molecular weight excluding hydrogens is 404 g/mol. The summed E-state index contributed by atoms with van der Waals surface area (Å²) in [5, 5.41) is 4.72. The molecule has 30 heavy (non-hydrogen) atoms. The monoisotopic (exact) mass is 428 g/mol. The average Bonchev–Trinajstić information content (AvgIpc) is 3.45. The van der Waals surface area contributed by atoms with Crippen LogP contribution < -0.4 is 9.80 Å². The molecule has 0 aliphatic carbocycles. The van der Waals surface area contributed by atoms with Crippen LogP contribution in [0.1, 0.15) is 18.5 Å². The number of nitrogens with zero attached hydrogens (tertiary/aromatic N) is 6. The number of para-hydroxylation sites is 1. The van der Waals surface area contributed by atoms with Crippen molar-refractivity contribution in [2.45, 2.75) is 18.6 Å². The van der Waals surface area contributed by atoms with Crippen LogP contribution in [0.2, 0.25) is 0 Å². The largest absolute Gasteiger partial charge is 0.356 e. The molecule has 5 rings (SSSR count). The van der Waals surface area contributed by atoms with Crippen molar-refractivity contribution in [1.82, 2.24) is 19.4 Å². The van der Waals surface area contributed by atoms with Gasteiger partial charge in [-0.15, -0.1) is 0 Å². The molecule has 0 atom stereocenters. The lowest BCUT2D eigenvalue weighted by Crippen LogP contribution is -2.49. The van der Waals surface area contributed by atoms with Gasteiger partial charge in [0.15, 0.2) is 5.58 Å². The lowest BCUT2D eigenvalue weighted by atomic mass is 10.2. The summed E-state index contributed by atoms with van der Waals surface area (Å²) in [5.74, 6) is 1.46. The number of anilines is 2. The molecule has 2 aromatic heterocycles. The summed E-state index contributed by atoms with van der Waals surface area (Å²) in [6.07, 6.45) is 4.13. The second-order valence-electron chi connectivity index (χ2n) is 7.68. The summed E-state index contributed by atoms with van der Waals surface area (Å²) in [6.45, 7) is 4.01. The van der Waals surface area contributed by atoms with Crippen molar-refractivity contribution in [1.29, 1.82) is 0 Å². The van der Waals surface area contributed by atoms with Gasteiger partial charge >= 0.3 is 0 Å². The van der Waals surface area contributed by atoms with Crippen LogP contribution in [-0.4, -0.2) is 67.1 Å². The summed E-state index contributed by atoms with van der Waals surface area (Å²) in [4.78, 5) is 13.4. The molecule has 2 fully saturated rings. The van der Waals surface area contributed by atoms with Gasteiger partial charge in [0.1, 0.15) is 17.3 Å². The molecule has 10 heteroatoms. The Bertz CT molecular complexity index is 1130. The Labute approximate surface area is 175 Å². The minimum atomic E-state index is -3.48. The van der Waals surface area contributed by atoms with E-state index in [0.717, 1.165) is 30.2 Å². The first-order chi connectivity index (χ1) is 14.6. The van der Waals surface area contributed by atoms with Crippen molar-refractivity contribution in [3.63, 3.8) is 0 Å². The van der Waals surface area contributed by atoms with E-state index in [9.17, 15) is 8.42 Å². The van der Waals surface area contributed by atoms with Crippen LogP contribution in [0.25, 0.3) is 11.0 Å². The van der Waals surface area contributed by atoms with Crippen LogP contribution in [0, 0.1) is 0 Å². The van der Waals surface area contributed by atoms with Crippen molar-refractivity contribution in [3.05, 3.63) is 42.2 Å². The minimum absolute atomic E-state index is 0.156. The molecule has 2 aliphatic rings. The molecule has 0 saturated carbocycles. The smallest absolute Gasteiger partial charge is 0.227 e. The molecular formula is C20H24N6O3S. The molecule has 1 aromatic carbocycles. The van der Waals surface area contributed by atoms with Crippen LogP contribution in [0.3, 0.4) is 0 Å². The van der Waals surface area contributed by atoms with Gasteiger partial charge in [-0.05, 0) is 31.0 Å². The quantitative estimate of drug-likeness (QED) is 0.608. The number of aromatic nitrogens is 3. The van der Waals surface area contributed by atoms with E-state index in [-0.39, 0.29) is 5.75 Å². The van der Waals surface area contributed by atoms with Crippen molar-refractivity contribution in [3.8, 4) is 0 Å². The molecule has 0 bridgehead atoms. The van der Waals surface area contributed by atoms with Gasteiger partial charge in [-0.1, -0.05) is 17.3 Å². The molecule has 2 saturated heterocycles. The predicted molar refractivity (Wildman–Crippen MR) is 114 cm³/mol. The predicted octanol–water partition coefficient (Wildman–Crippen LogP) is 1.87. The van der Waals surface area contributed by atoms with E-state index in [1.807, 2.05) is 24.3 Å². The van der Waals surface area contributed by atoms with E-state index in [0.29, 0.717) is 37.5 Å². The Morgan fingerprint density at radius 2 is 1.70 bits per heavy atom. The Hall–Kier alpha value is -2.72. The molecule has 3 aromatic rings. The number of hydrogen-bond donors (Lipinski definition) is 0. The maximum atomic E-state index is 13.0. The molecule has 0 radical (unpaired) electrons. The zero-order valence-corrected chi connectivity index (χ0v) is 17.5. The summed E-state index contributed by atoms with van der Waals surface area (Å²) in [5.41, 5.74) is 1.06. The fourth-order valence-corrected chi connectivity index (χ4v) is 5.54. The maximum Gasteiger partial charge on any atom is 0.227 e. The Kier molecular flexibility index (Phi) is 5.03. The van der Waals surface area contributed by atoms with Gasteiger partial charge in [0.25, 0.3) is 0 Å². The van der Waals surface area contributed by atoms with Gasteiger partial charge in [-0.3, -0.25) is 0 Å². The highest BCUT2D eigenvalue weighted by molar-refractivity contribution is 7.88. The summed E-state index contributed by atoms with van der Waals surface area (Å²) < 4.78 is 32.7. The Morgan fingerprint density at radius 3 is 2.50 bits per heavy atom. The van der Waals surface area contributed by atoms with Crippen LogP contribution in [0.15, 0.2) is 41.1 Å². The van der Waals surface area contributed by atoms with Gasteiger partial charge in [0.05, 0.1) is 0 Å². The van der Waals surface area contributed by atoms with Crippen LogP contribution in [0.5, 0.6) is 0 Å². The van der Waals surface area contributed by atoms with E-state index < -0.39 is 10.0 Å². The van der Waals surface area contributed by atoms with E-state index >= 15 is 0 Å². The topological polar surface area (TPSA) is 95.7 Å². The first-order valence-corrected chi connectivity index (χ1v) is 11.9. The average molecular weight is 429 g/mol. The van der Waals surface area contributed by atoms with E-state index in [4.69, 9.17) is 9.51 Å². The number of rotatable bonds is 5. The third-order valence-corrected chi connectivity index (χ3v) is 7.53. The normalized spacial score (nSPS) is 18.4. The number of sulfonamides is 1. The second-order valence-corrected chi connectivity index (χ2v) is 9.65. The summed E-state index contributed by atoms with van der Waals surface area (Å²) in [7, 11) is -3.48. The Morgan fingerprint density at radius 1 is 0.933 bits per heavy atom. The SMILES string of the molecule is O=S(=O)(Cc1noc2ccccc12)N1CCN(c2ccnc(N3CCCC3)n2)CC1. The fraction of sp³-hybridized carbons (Fsp3) is 0.450. The highest BCUT2D eigenvalue weighted by Crippen LogP contribution is 2.23. The van der Waals surface area contributed by atoms with Crippen molar-refractivity contribution in [2.24, 2.45) is 0 Å². The number of piperazine rings is 1. The van der Waals surface area contributed by atoms with Gasteiger partial charge in [0, 0.05) is 50.9 Å². The molecule has 158 valence electrons. The first kappa shape index (κ1) is 19.3. The second kappa shape index (κ2) is 7.84. The number of benzene rings is 1. The highest BCUT2D eigenvalue weighted by Gasteiger charge is 2.29. The molecule has 4 heterocycles. The summed E-state index contributed by atoms with van der Waals surface area (Å²) in [6, 6.07) is 9.21. The fourth-order valence-electron chi connectivity index (χ4n) is 4.09. The molecule has 0 spiro atoms. The lowest BCUT2D eigenvalue weighted by molar-refractivity contribution is 0.381. The maximum absolute atomic E-state index is 13.0. The van der Waals surface area contributed by atoms with Crippen molar-refractivity contribution in [2.75, 3.05) is 49.1 Å². The lowest BCUT2D eigenvalue weighted by Gasteiger charge is -2.34. The molecule has 2 aliphatic heterocycles. The molecule has 0 unspecified atom stereocenters. The molecule has 0 N–H and O–H groups in total. The molecule has 0 amide bonds. The van der Waals surface area contributed by atoms with Crippen molar-refractivity contribution < 1.29 is 12.9 Å². The van der Waals surface area contributed by atoms with Crippen LogP contribution in [-0.2, 0) is 15.8 Å². The highest BCUT2D eigenvalue weighted by atomic mass is 32.2. The third kappa shape index (κ3) is 3.72. The van der Waals surface area contributed by atoms with Crippen LogP contribution >= 0.6 is 0 Å². The van der Waals surface area contributed by atoms with E-state index in [1.165, 1.54) is 17.1 Å². The standard InChI is InChI=1S/C20H24N6O3S/c27-30(28,15-17-16-5-1-2-6-18(16)29-23-17)26-13-11-24(12-14-26)19-7-8-21-20(22-19)25-9-3-4-10-25/h1-2,5-8H,3-4,9-15H2. The zero-order valence-electron chi connectivity index (χ0n) is 16.6. The van der Waals surface area contributed by atoms with E-state index in [2.05, 4.69) is 19.9 Å². The minimum Gasteiger partial charge on any atom is -0.356 e. The van der Waals surface area contributed by atoms with Gasteiger partial charge < -0.3 is 14.3 Å². The van der Waals surface area contributed by atoms with Gasteiger partial charge in [-0.25, -0.2) is 13.4 Å². The third-order valence-electron chi connectivity index (χ3n) is 5.74. The number of fused-ring (bicyclic) bond motifs is 1. The Balaban J connectivity index is 1.26. The van der Waals surface area contributed by atoms with Gasteiger partial charge in [-0.2, -0.15) is 9.29 Å². The van der Waals surface area contributed by atoms with Crippen LogP contribution in [0.4, 0.5) is 11.8 Å². The summed E-state index contributed by atoms with van der Waals surface area (Å²) >= 11 is 0. The van der Waals surface area contributed by atoms with Crippen molar-refractivity contribution >= 4 is 32.8 Å².